The maximum atomic E-state index is 13.7. The molecule has 190 valence electrons. The highest BCUT2D eigenvalue weighted by Crippen LogP contribution is 2.28. The summed E-state index contributed by atoms with van der Waals surface area (Å²) in [5, 5.41) is 2.88. The van der Waals surface area contributed by atoms with Gasteiger partial charge in [0, 0.05) is 49.8 Å². The fraction of sp³-hybridized carbons (Fsp3) is 0.385. The third-order valence-corrected chi connectivity index (χ3v) is 6.52. The number of benzene rings is 1. The number of ketones is 1. The Balaban J connectivity index is 1.59. The fourth-order valence-electron chi connectivity index (χ4n) is 4.57. The Kier molecular flexibility index (Phi) is 7.35. The van der Waals surface area contributed by atoms with Gasteiger partial charge in [-0.1, -0.05) is 12.1 Å². The number of fused-ring (bicyclic) bond motifs is 1. The number of amides is 2. The first-order valence-electron chi connectivity index (χ1n) is 11.9. The van der Waals surface area contributed by atoms with Gasteiger partial charge in [-0.3, -0.25) is 19.3 Å². The highest BCUT2D eigenvalue weighted by atomic mass is 19.1. The molecule has 0 bridgehead atoms. The quantitative estimate of drug-likeness (QED) is 0.386. The topological polar surface area (TPSA) is 108 Å². The van der Waals surface area contributed by atoms with Crippen LogP contribution >= 0.6 is 0 Å². The number of ether oxygens (including phenoxy) is 1. The molecule has 0 radical (unpaired) electrons. The van der Waals surface area contributed by atoms with Crippen LogP contribution in [-0.4, -0.2) is 76.2 Å². The zero-order valence-corrected chi connectivity index (χ0v) is 20.8. The number of likely N-dealkylation sites (N-methyl/N-ethyl adjacent to an activating group) is 1. The van der Waals surface area contributed by atoms with E-state index in [1.807, 2.05) is 13.8 Å². The highest BCUT2D eigenvalue weighted by molar-refractivity contribution is 6.44. The summed E-state index contributed by atoms with van der Waals surface area (Å²) in [6.07, 6.45) is 1.42. The second-order valence-corrected chi connectivity index (χ2v) is 9.04. The molecule has 1 fully saturated rings. The maximum absolute atomic E-state index is 13.7. The van der Waals surface area contributed by atoms with E-state index < -0.39 is 11.7 Å². The molecule has 9 nitrogen and oxygen atoms in total. The first-order chi connectivity index (χ1) is 17.2. The molecule has 2 atom stereocenters. The van der Waals surface area contributed by atoms with Gasteiger partial charge < -0.3 is 19.9 Å². The Bertz CT molecular complexity index is 1290. The summed E-state index contributed by atoms with van der Waals surface area (Å²) in [5.74, 6) is -1.82. The molecule has 2 N–H and O–H groups in total. The molecule has 1 saturated heterocycles. The van der Waals surface area contributed by atoms with E-state index in [4.69, 9.17) is 4.74 Å². The number of hydrogen-bond donors (Lipinski definition) is 2. The number of carbonyl (C=O) groups is 3. The number of hydrogen-bond acceptors (Lipinski definition) is 6. The van der Waals surface area contributed by atoms with Crippen LogP contribution < -0.4 is 10.1 Å². The number of Topliss-reactive ketones (excluding diaryl/α,β-unsaturated/α-hetero) is 1. The summed E-state index contributed by atoms with van der Waals surface area (Å²) in [4.78, 5) is 49.8. The van der Waals surface area contributed by atoms with Crippen LogP contribution in [0.25, 0.3) is 11.0 Å². The van der Waals surface area contributed by atoms with E-state index in [1.54, 1.807) is 30.0 Å². The van der Waals surface area contributed by atoms with Crippen molar-refractivity contribution in [1.29, 1.82) is 0 Å². The second kappa shape index (κ2) is 10.4. The normalized spacial score (nSPS) is 18.3. The van der Waals surface area contributed by atoms with E-state index in [2.05, 4.69) is 20.2 Å². The largest absolute Gasteiger partial charge is 0.480 e. The standard InChI is InChI=1S/C26H30FN5O4/c1-5-28-24(34)22(33)21-11-29-23-19(21)10-20(25(30-23)36-4)26(35)32-13-15(2)31(12-16(32)3)14-17-6-8-18(27)9-7-17/h6-11,15-16H,5,12-14H2,1-4H3,(H,28,34)(H,29,30)/t15-,16+/m0/s1. The number of nitrogens with one attached hydrogen (secondary N) is 2. The molecule has 0 unspecified atom stereocenters. The predicted octanol–water partition coefficient (Wildman–Crippen LogP) is 2.76. The van der Waals surface area contributed by atoms with Crippen molar-refractivity contribution in [3.63, 3.8) is 0 Å². The highest BCUT2D eigenvalue weighted by Gasteiger charge is 2.34. The van der Waals surface area contributed by atoms with Gasteiger partial charge in [0.05, 0.1) is 12.7 Å². The van der Waals surface area contributed by atoms with Crippen molar-refractivity contribution >= 4 is 28.6 Å². The van der Waals surface area contributed by atoms with Crippen molar-refractivity contribution in [2.45, 2.75) is 39.4 Å². The Morgan fingerprint density at radius 1 is 1.14 bits per heavy atom. The minimum absolute atomic E-state index is 0.0556. The summed E-state index contributed by atoms with van der Waals surface area (Å²) in [6.45, 7) is 7.83. The van der Waals surface area contributed by atoms with Crippen LogP contribution in [0.2, 0.25) is 0 Å². The number of halogens is 1. The van der Waals surface area contributed by atoms with E-state index in [0.717, 1.165) is 5.56 Å². The number of methoxy groups -OCH3 is 1. The number of nitrogens with zero attached hydrogens (tertiary/aromatic N) is 3. The number of piperazine rings is 1. The van der Waals surface area contributed by atoms with Crippen molar-refractivity contribution in [3.8, 4) is 5.88 Å². The monoisotopic (exact) mass is 495 g/mol. The number of carbonyl (C=O) groups excluding carboxylic acids is 3. The first kappa shape index (κ1) is 25.3. The maximum Gasteiger partial charge on any atom is 0.292 e. The van der Waals surface area contributed by atoms with Gasteiger partial charge in [0.2, 0.25) is 5.88 Å². The van der Waals surface area contributed by atoms with Crippen molar-refractivity contribution in [3.05, 3.63) is 59.0 Å². The van der Waals surface area contributed by atoms with E-state index in [-0.39, 0.29) is 40.8 Å². The van der Waals surface area contributed by atoms with Crippen LogP contribution in [0.1, 0.15) is 47.1 Å². The Morgan fingerprint density at radius 3 is 2.53 bits per heavy atom. The molecule has 1 aliphatic heterocycles. The number of rotatable bonds is 7. The lowest BCUT2D eigenvalue weighted by atomic mass is 10.0. The molecule has 2 amide bonds. The predicted molar refractivity (Wildman–Crippen MR) is 132 cm³/mol. The number of aromatic amines is 1. The van der Waals surface area contributed by atoms with Gasteiger partial charge in [0.15, 0.2) is 0 Å². The van der Waals surface area contributed by atoms with Crippen LogP contribution in [0, 0.1) is 5.82 Å². The third-order valence-electron chi connectivity index (χ3n) is 6.52. The molecule has 10 heteroatoms. The lowest BCUT2D eigenvalue weighted by Gasteiger charge is -2.44. The lowest BCUT2D eigenvalue weighted by molar-refractivity contribution is -0.116. The molecule has 0 saturated carbocycles. The first-order valence-corrected chi connectivity index (χ1v) is 11.9. The Morgan fingerprint density at radius 2 is 1.86 bits per heavy atom. The number of aromatic nitrogens is 2. The Hall–Kier alpha value is -3.79. The number of pyridine rings is 1. The molecule has 1 aromatic carbocycles. The molecular formula is C26H30FN5O4. The van der Waals surface area contributed by atoms with E-state index in [9.17, 15) is 18.8 Å². The van der Waals surface area contributed by atoms with E-state index >= 15 is 0 Å². The average molecular weight is 496 g/mol. The van der Waals surface area contributed by atoms with Crippen molar-refractivity contribution in [1.82, 2.24) is 25.1 Å². The minimum Gasteiger partial charge on any atom is -0.480 e. The molecule has 0 aliphatic carbocycles. The minimum atomic E-state index is -0.721. The summed E-state index contributed by atoms with van der Waals surface area (Å²) < 4.78 is 18.7. The average Bonchev–Trinajstić information content (AvgIpc) is 3.28. The summed E-state index contributed by atoms with van der Waals surface area (Å²) >= 11 is 0. The summed E-state index contributed by atoms with van der Waals surface area (Å²) in [5.41, 5.74) is 1.72. The van der Waals surface area contributed by atoms with Gasteiger partial charge in [-0.25, -0.2) is 4.39 Å². The van der Waals surface area contributed by atoms with Gasteiger partial charge in [-0.15, -0.1) is 0 Å². The summed E-state index contributed by atoms with van der Waals surface area (Å²) in [7, 11) is 1.43. The van der Waals surface area contributed by atoms with Crippen LogP contribution in [0.5, 0.6) is 5.88 Å². The van der Waals surface area contributed by atoms with Crippen LogP contribution in [0.15, 0.2) is 36.5 Å². The lowest BCUT2D eigenvalue weighted by Crippen LogP contribution is -2.57. The Labute approximate surface area is 208 Å². The fourth-order valence-corrected chi connectivity index (χ4v) is 4.57. The van der Waals surface area contributed by atoms with Gasteiger partial charge in [-0.2, -0.15) is 4.98 Å². The van der Waals surface area contributed by atoms with Gasteiger partial charge in [-0.05, 0) is 44.5 Å². The zero-order chi connectivity index (χ0) is 26.0. The zero-order valence-electron chi connectivity index (χ0n) is 20.8. The van der Waals surface area contributed by atoms with Crippen LogP contribution in [0.4, 0.5) is 4.39 Å². The van der Waals surface area contributed by atoms with E-state index in [1.165, 1.54) is 25.4 Å². The van der Waals surface area contributed by atoms with Gasteiger partial charge in [0.1, 0.15) is 17.0 Å². The second-order valence-electron chi connectivity index (χ2n) is 9.04. The molecule has 3 heterocycles. The van der Waals surface area contributed by atoms with Crippen molar-refractivity contribution in [2.75, 3.05) is 26.7 Å². The van der Waals surface area contributed by atoms with E-state index in [0.29, 0.717) is 37.2 Å². The van der Waals surface area contributed by atoms with Crippen LogP contribution in [0.3, 0.4) is 0 Å². The SMILES string of the molecule is CCNC(=O)C(=O)c1c[nH]c2nc(OC)c(C(=O)N3C[C@H](C)N(Cc4ccc(F)cc4)C[C@H]3C)cc12. The third kappa shape index (κ3) is 4.94. The van der Waals surface area contributed by atoms with Gasteiger partial charge in [0.25, 0.3) is 17.6 Å². The van der Waals surface area contributed by atoms with Crippen molar-refractivity contribution in [2.24, 2.45) is 0 Å². The van der Waals surface area contributed by atoms with Crippen molar-refractivity contribution < 1.29 is 23.5 Å². The smallest absolute Gasteiger partial charge is 0.292 e. The molecule has 3 aromatic rings. The summed E-state index contributed by atoms with van der Waals surface area (Å²) in [6, 6.07) is 7.94. The molecular weight excluding hydrogens is 465 g/mol. The molecule has 0 spiro atoms. The molecule has 36 heavy (non-hydrogen) atoms. The van der Waals surface area contributed by atoms with Gasteiger partial charge >= 0.3 is 0 Å². The number of H-pyrrole nitrogens is 1. The van der Waals surface area contributed by atoms with Crippen LogP contribution in [-0.2, 0) is 11.3 Å². The molecule has 1 aliphatic rings. The molecule has 4 rings (SSSR count). The molecule has 2 aromatic heterocycles.